The third-order valence-electron chi connectivity index (χ3n) is 3.96. The maximum absolute atomic E-state index is 14.0. The molecule has 1 fully saturated rings. The third kappa shape index (κ3) is 1.79. The molecule has 5 heteroatoms. The molecule has 1 saturated heterocycles. The summed E-state index contributed by atoms with van der Waals surface area (Å²) in [7, 11) is 0. The average molecular weight is 250 g/mol. The molecular weight excluding hydrogens is 235 g/mol. The summed E-state index contributed by atoms with van der Waals surface area (Å²) in [5.74, 6) is -1.00. The monoisotopic (exact) mass is 250 g/mol. The summed E-state index contributed by atoms with van der Waals surface area (Å²) in [6, 6.07) is 3.33. The van der Waals surface area contributed by atoms with E-state index in [4.69, 9.17) is 5.21 Å². The van der Waals surface area contributed by atoms with E-state index in [2.05, 4.69) is 4.90 Å². The minimum atomic E-state index is -0.666. The van der Waals surface area contributed by atoms with Crippen molar-refractivity contribution in [1.82, 2.24) is 10.4 Å². The van der Waals surface area contributed by atoms with Gasteiger partial charge < -0.3 is 0 Å². The van der Waals surface area contributed by atoms with Gasteiger partial charge in [-0.3, -0.25) is 14.9 Å². The largest absolute Gasteiger partial charge is 0.296 e. The summed E-state index contributed by atoms with van der Waals surface area (Å²) >= 11 is 0. The van der Waals surface area contributed by atoms with Crippen molar-refractivity contribution >= 4 is 5.91 Å². The number of rotatable bonds is 1. The van der Waals surface area contributed by atoms with Gasteiger partial charge in [-0.25, -0.2) is 9.87 Å². The first-order valence-corrected chi connectivity index (χ1v) is 6.19. The van der Waals surface area contributed by atoms with Gasteiger partial charge in [0.05, 0.1) is 0 Å². The number of amides is 1. The van der Waals surface area contributed by atoms with E-state index in [1.165, 1.54) is 6.07 Å². The highest BCUT2D eigenvalue weighted by atomic mass is 19.1. The Balaban J connectivity index is 1.99. The molecule has 3 rings (SSSR count). The maximum Gasteiger partial charge on any atom is 0.274 e. The van der Waals surface area contributed by atoms with Crippen molar-refractivity contribution in [3.8, 4) is 0 Å². The van der Waals surface area contributed by atoms with E-state index < -0.39 is 5.91 Å². The molecule has 2 heterocycles. The van der Waals surface area contributed by atoms with Crippen LogP contribution in [0.5, 0.6) is 0 Å². The molecule has 1 aromatic rings. The molecule has 18 heavy (non-hydrogen) atoms. The van der Waals surface area contributed by atoms with Crippen molar-refractivity contribution < 1.29 is 14.4 Å². The molecule has 0 unspecified atom stereocenters. The number of carbonyl (C=O) groups is 1. The fraction of sp³-hybridized carbons (Fsp3) is 0.462. The Labute approximate surface area is 104 Å². The standard InChI is InChI=1S/C13H15FN2O2/c14-12-5-8(13(17)15-18)4-9-7-16-3-1-2-10(16)6-11(9)12/h4-5,10,18H,1-3,6-7H2,(H,15,17)/t10-/m0/s1. The quantitative estimate of drug-likeness (QED) is 0.586. The predicted octanol–water partition coefficient (Wildman–Crippen LogP) is 1.47. The summed E-state index contributed by atoms with van der Waals surface area (Å²) < 4.78 is 14.0. The lowest BCUT2D eigenvalue weighted by Crippen LogP contribution is -2.36. The number of nitrogens with one attached hydrogen (secondary N) is 1. The summed E-state index contributed by atoms with van der Waals surface area (Å²) in [6.45, 7) is 1.74. The van der Waals surface area contributed by atoms with Crippen molar-refractivity contribution in [1.29, 1.82) is 0 Å². The normalized spacial score (nSPS) is 22.4. The highest BCUT2D eigenvalue weighted by Gasteiger charge is 2.31. The van der Waals surface area contributed by atoms with Crippen LogP contribution in [0.25, 0.3) is 0 Å². The second kappa shape index (κ2) is 4.33. The van der Waals surface area contributed by atoms with Crippen LogP contribution in [0.4, 0.5) is 4.39 Å². The number of fused-ring (bicyclic) bond motifs is 2. The SMILES string of the molecule is O=C(NO)c1cc(F)c2c(c1)CN1CCC[C@H]1C2. The van der Waals surface area contributed by atoms with Crippen LogP contribution in [0.3, 0.4) is 0 Å². The van der Waals surface area contributed by atoms with Gasteiger partial charge in [-0.15, -0.1) is 0 Å². The van der Waals surface area contributed by atoms with Gasteiger partial charge in [0.2, 0.25) is 0 Å². The summed E-state index contributed by atoms with van der Waals surface area (Å²) in [6.07, 6.45) is 3.00. The van der Waals surface area contributed by atoms with E-state index >= 15 is 0 Å². The number of hydroxylamine groups is 1. The number of hydrogen-bond acceptors (Lipinski definition) is 3. The van der Waals surface area contributed by atoms with E-state index in [1.54, 1.807) is 11.5 Å². The Hall–Kier alpha value is -1.46. The van der Waals surface area contributed by atoms with Crippen LogP contribution in [-0.2, 0) is 13.0 Å². The summed E-state index contributed by atoms with van der Waals surface area (Å²) in [5, 5.41) is 8.60. The Morgan fingerprint density at radius 3 is 3.11 bits per heavy atom. The third-order valence-corrected chi connectivity index (χ3v) is 3.96. The van der Waals surface area contributed by atoms with Crippen molar-refractivity contribution in [3.63, 3.8) is 0 Å². The molecule has 1 atom stereocenters. The van der Waals surface area contributed by atoms with Gasteiger partial charge in [-0.05, 0) is 49.1 Å². The zero-order valence-corrected chi connectivity index (χ0v) is 9.95. The first-order valence-electron chi connectivity index (χ1n) is 6.19. The van der Waals surface area contributed by atoms with Crippen LogP contribution < -0.4 is 5.48 Å². The molecule has 2 aliphatic heterocycles. The molecule has 1 amide bonds. The number of hydrogen-bond donors (Lipinski definition) is 2. The van der Waals surface area contributed by atoms with Gasteiger partial charge >= 0.3 is 0 Å². The molecule has 2 N–H and O–H groups in total. The van der Waals surface area contributed by atoms with Gasteiger partial charge in [-0.1, -0.05) is 0 Å². The Bertz CT molecular complexity index is 504. The number of halogens is 1. The predicted molar refractivity (Wildman–Crippen MR) is 62.8 cm³/mol. The van der Waals surface area contributed by atoms with Gasteiger partial charge in [0.25, 0.3) is 5.91 Å². The van der Waals surface area contributed by atoms with Gasteiger partial charge in [-0.2, -0.15) is 0 Å². The van der Waals surface area contributed by atoms with Gasteiger partial charge in [0.15, 0.2) is 0 Å². The zero-order chi connectivity index (χ0) is 12.7. The topological polar surface area (TPSA) is 52.6 Å². The van der Waals surface area contributed by atoms with Crippen molar-refractivity contribution in [2.75, 3.05) is 6.54 Å². The molecule has 1 aromatic carbocycles. The molecule has 0 aromatic heterocycles. The van der Waals surface area contributed by atoms with E-state index in [1.807, 2.05) is 0 Å². The second-order valence-electron chi connectivity index (χ2n) is 5.01. The van der Waals surface area contributed by atoms with Crippen LogP contribution >= 0.6 is 0 Å². The molecule has 4 nitrogen and oxygen atoms in total. The molecule has 0 bridgehead atoms. The Morgan fingerprint density at radius 1 is 1.50 bits per heavy atom. The lowest BCUT2D eigenvalue weighted by molar-refractivity contribution is 0.0705. The lowest BCUT2D eigenvalue weighted by Gasteiger charge is -2.31. The van der Waals surface area contributed by atoms with E-state index in [0.717, 1.165) is 36.9 Å². The minimum absolute atomic E-state index is 0.173. The van der Waals surface area contributed by atoms with E-state index in [-0.39, 0.29) is 11.4 Å². The van der Waals surface area contributed by atoms with Crippen LogP contribution in [0.15, 0.2) is 12.1 Å². The van der Waals surface area contributed by atoms with Crippen LogP contribution in [0, 0.1) is 5.82 Å². The maximum atomic E-state index is 14.0. The van der Waals surface area contributed by atoms with Crippen molar-refractivity contribution in [2.24, 2.45) is 0 Å². The first kappa shape index (κ1) is 11.6. The fourth-order valence-corrected chi connectivity index (χ4v) is 3.05. The van der Waals surface area contributed by atoms with Crippen LogP contribution in [0.1, 0.15) is 34.3 Å². The van der Waals surface area contributed by atoms with Crippen LogP contribution in [0.2, 0.25) is 0 Å². The molecule has 0 aliphatic carbocycles. The van der Waals surface area contributed by atoms with Crippen LogP contribution in [-0.4, -0.2) is 28.6 Å². The highest BCUT2D eigenvalue weighted by molar-refractivity contribution is 5.93. The Morgan fingerprint density at radius 2 is 2.33 bits per heavy atom. The summed E-state index contributed by atoms with van der Waals surface area (Å²) in [4.78, 5) is 13.7. The molecule has 2 aliphatic rings. The number of nitrogens with zero attached hydrogens (tertiary/aromatic N) is 1. The molecular formula is C13H15FN2O2. The van der Waals surface area contributed by atoms with Crippen molar-refractivity contribution in [3.05, 3.63) is 34.6 Å². The molecule has 96 valence electrons. The highest BCUT2D eigenvalue weighted by Crippen LogP contribution is 2.32. The Kier molecular flexibility index (Phi) is 2.80. The summed E-state index contributed by atoms with van der Waals surface area (Å²) in [5.41, 5.74) is 3.31. The van der Waals surface area contributed by atoms with E-state index in [0.29, 0.717) is 12.6 Å². The zero-order valence-electron chi connectivity index (χ0n) is 9.95. The minimum Gasteiger partial charge on any atom is -0.296 e. The van der Waals surface area contributed by atoms with Gasteiger partial charge in [0.1, 0.15) is 5.82 Å². The molecule has 0 radical (unpaired) electrons. The lowest BCUT2D eigenvalue weighted by atomic mass is 9.92. The van der Waals surface area contributed by atoms with Gasteiger partial charge in [0, 0.05) is 18.2 Å². The first-order chi connectivity index (χ1) is 8.69. The average Bonchev–Trinajstić information content (AvgIpc) is 2.82. The van der Waals surface area contributed by atoms with Crippen molar-refractivity contribution in [2.45, 2.75) is 31.8 Å². The fourth-order valence-electron chi connectivity index (χ4n) is 3.05. The molecule has 0 saturated carbocycles. The number of benzene rings is 1. The smallest absolute Gasteiger partial charge is 0.274 e. The second-order valence-corrected chi connectivity index (χ2v) is 5.01. The van der Waals surface area contributed by atoms with E-state index in [9.17, 15) is 9.18 Å². The number of carbonyl (C=O) groups excluding carboxylic acids is 1. The molecule has 0 spiro atoms.